The molecule has 1 aliphatic heterocycles. The molecule has 0 spiro atoms. The van der Waals surface area contributed by atoms with E-state index in [9.17, 15) is 0 Å². The minimum atomic E-state index is -1.31. The van der Waals surface area contributed by atoms with E-state index in [-0.39, 0.29) is 0 Å². The van der Waals surface area contributed by atoms with Crippen LogP contribution in [0.3, 0.4) is 0 Å². The van der Waals surface area contributed by atoms with Gasteiger partial charge in [0.05, 0.1) is 10.7 Å². The van der Waals surface area contributed by atoms with Crippen molar-refractivity contribution in [2.24, 2.45) is 4.99 Å². The summed E-state index contributed by atoms with van der Waals surface area (Å²) in [6, 6.07) is 15.2. The lowest BCUT2D eigenvalue weighted by Gasteiger charge is -2.34. The zero-order valence-electron chi connectivity index (χ0n) is 13.7. The predicted molar refractivity (Wildman–Crippen MR) is 113 cm³/mol. The second kappa shape index (κ2) is 6.32. The molecule has 2 nitrogen and oxygen atoms in total. The van der Waals surface area contributed by atoms with Crippen molar-refractivity contribution in [1.82, 2.24) is 0 Å². The van der Waals surface area contributed by atoms with Crippen molar-refractivity contribution in [3.8, 4) is 0 Å². The Morgan fingerprint density at radius 3 is 2.57 bits per heavy atom. The predicted octanol–water partition coefficient (Wildman–Crippen LogP) is 6.42. The van der Waals surface area contributed by atoms with Crippen LogP contribution in [0, 0.1) is 0 Å². The highest BCUT2D eigenvalue weighted by Crippen LogP contribution is 2.76. The molecule has 1 aliphatic rings. The zero-order valence-corrected chi connectivity index (χ0v) is 16.7. The molecule has 4 heteroatoms. The van der Waals surface area contributed by atoms with Crippen molar-refractivity contribution in [1.29, 1.82) is 0 Å². The van der Waals surface area contributed by atoms with E-state index in [0.717, 1.165) is 12.1 Å². The molecule has 0 N–H and O–H groups in total. The van der Waals surface area contributed by atoms with Crippen molar-refractivity contribution in [3.05, 3.63) is 54.6 Å². The number of para-hydroxylation sites is 1. The van der Waals surface area contributed by atoms with E-state index in [1.165, 1.54) is 26.1 Å². The molecule has 1 unspecified atom stereocenters. The van der Waals surface area contributed by atoms with Crippen molar-refractivity contribution in [2.45, 2.75) is 23.1 Å². The van der Waals surface area contributed by atoms with Gasteiger partial charge in [0, 0.05) is 29.6 Å². The molecule has 0 aliphatic carbocycles. The van der Waals surface area contributed by atoms with Crippen molar-refractivity contribution >= 4 is 50.9 Å². The van der Waals surface area contributed by atoms with Crippen molar-refractivity contribution in [2.75, 3.05) is 19.0 Å². The molecule has 0 saturated carbocycles. The second-order valence-corrected chi connectivity index (χ2v) is 12.1. The van der Waals surface area contributed by atoms with Crippen molar-refractivity contribution < 1.29 is 0 Å². The topological polar surface area (TPSA) is 15.6 Å². The van der Waals surface area contributed by atoms with Gasteiger partial charge in [-0.15, -0.1) is 0 Å². The van der Waals surface area contributed by atoms with Crippen LogP contribution in [0.1, 0.15) is 18.9 Å². The smallest absolute Gasteiger partial charge is 0.0773 e. The summed E-state index contributed by atoms with van der Waals surface area (Å²) < 4.78 is 0. The fourth-order valence-corrected chi connectivity index (χ4v) is 9.13. The van der Waals surface area contributed by atoms with Gasteiger partial charge in [0.15, 0.2) is 0 Å². The number of nitrogens with zero attached hydrogens (tertiary/aromatic N) is 2. The summed E-state index contributed by atoms with van der Waals surface area (Å²) >= 11 is 2.66. The molecule has 0 bridgehead atoms. The molecule has 3 rings (SSSR count). The molecule has 120 valence electrons. The average Bonchev–Trinajstić information content (AvgIpc) is 2.87. The maximum absolute atomic E-state index is 4.95. The summed E-state index contributed by atoms with van der Waals surface area (Å²) in [5, 5.41) is 1.29. The van der Waals surface area contributed by atoms with Gasteiger partial charge in [0.1, 0.15) is 0 Å². The number of benzene rings is 2. The molecule has 0 radical (unpaired) electrons. The Morgan fingerprint density at radius 1 is 1.17 bits per heavy atom. The van der Waals surface area contributed by atoms with Crippen molar-refractivity contribution in [3.63, 3.8) is 0 Å². The van der Waals surface area contributed by atoms with Gasteiger partial charge in [-0.1, -0.05) is 45.0 Å². The van der Waals surface area contributed by atoms with Crippen LogP contribution in [0.15, 0.2) is 63.8 Å². The Bertz CT molecular complexity index is 798. The van der Waals surface area contributed by atoms with E-state index in [2.05, 4.69) is 96.2 Å². The summed E-state index contributed by atoms with van der Waals surface area (Å²) in [4.78, 5) is 9.81. The Labute approximate surface area is 152 Å². The van der Waals surface area contributed by atoms with Gasteiger partial charge in [-0.05, 0) is 57.5 Å². The fourth-order valence-electron chi connectivity index (χ4n) is 2.85. The molecule has 2 aromatic carbocycles. The number of rotatable bonds is 4. The van der Waals surface area contributed by atoms with Gasteiger partial charge in [0.2, 0.25) is 0 Å². The van der Waals surface area contributed by atoms with Gasteiger partial charge < -0.3 is 4.90 Å². The zero-order chi connectivity index (χ0) is 16.6. The number of hydrogen-bond acceptors (Lipinski definition) is 2. The van der Waals surface area contributed by atoms with E-state index < -0.39 is 7.20 Å². The van der Waals surface area contributed by atoms with Crippen LogP contribution in [0.2, 0.25) is 0 Å². The minimum absolute atomic E-state index is 0.968. The van der Waals surface area contributed by atoms with Gasteiger partial charge in [-0.2, -0.15) is 0 Å². The third-order valence-corrected chi connectivity index (χ3v) is 11.4. The van der Waals surface area contributed by atoms with Gasteiger partial charge in [0.25, 0.3) is 0 Å². The Kier molecular flexibility index (Phi) is 4.56. The lowest BCUT2D eigenvalue weighted by atomic mass is 10.2. The molecular weight excluding hydrogens is 415 g/mol. The third-order valence-electron chi connectivity index (χ3n) is 4.08. The minimum Gasteiger partial charge on any atom is -0.378 e. The first kappa shape index (κ1) is 16.6. The summed E-state index contributed by atoms with van der Waals surface area (Å²) in [6.07, 6.45) is 2.94. The molecule has 1 heterocycles. The number of fused-ring (bicyclic) bond motifs is 1. The van der Waals surface area contributed by atoms with E-state index in [1.54, 1.807) is 0 Å². The van der Waals surface area contributed by atoms with E-state index in [4.69, 9.17) is 4.99 Å². The van der Waals surface area contributed by atoms with E-state index in [1.807, 2.05) is 6.08 Å². The normalized spacial score (nSPS) is 22.0. The lowest BCUT2D eigenvalue weighted by Crippen LogP contribution is -2.10. The number of anilines is 1. The van der Waals surface area contributed by atoms with Crippen LogP contribution in [-0.4, -0.2) is 19.1 Å². The summed E-state index contributed by atoms with van der Waals surface area (Å²) in [5.41, 5.74) is 3.55. The Morgan fingerprint density at radius 2 is 1.91 bits per heavy atom. The summed E-state index contributed by atoms with van der Waals surface area (Å²) in [6.45, 7) is 6.23. The quantitative estimate of drug-likeness (QED) is 0.505. The maximum Gasteiger partial charge on any atom is 0.0773 e. The fraction of sp³-hybridized carbons (Fsp3) is 0.211. The monoisotopic (exact) mass is 436 g/mol. The van der Waals surface area contributed by atoms with E-state index >= 15 is 0 Å². The van der Waals surface area contributed by atoms with Crippen LogP contribution >= 0.6 is 28.4 Å². The molecule has 0 aromatic heterocycles. The molecule has 0 amide bonds. The number of halogens is 1. The highest BCUT2D eigenvalue weighted by Gasteiger charge is 2.38. The molecule has 23 heavy (non-hydrogen) atoms. The highest BCUT2D eigenvalue weighted by atomic mass is 127. The Hall–Kier alpha value is -1.27. The van der Waals surface area contributed by atoms with Gasteiger partial charge in [-0.3, -0.25) is 0 Å². The number of hydrogen-bond donors (Lipinski definition) is 0. The third kappa shape index (κ3) is 2.62. The standard InChI is InChI=1S/C19H21IN2S/c1-5-14-11-12-15(22(3)4)13-18(14)23(20)17-10-8-7-9-16(17)21-19(23)6-2/h5,7-13H,1,6H2,2-4H3. The van der Waals surface area contributed by atoms with Crippen LogP contribution in [0.5, 0.6) is 0 Å². The van der Waals surface area contributed by atoms with Gasteiger partial charge in [-0.25, -0.2) is 4.99 Å². The first-order valence-electron chi connectivity index (χ1n) is 7.65. The van der Waals surface area contributed by atoms with E-state index in [0.29, 0.717) is 0 Å². The Balaban J connectivity index is 2.29. The van der Waals surface area contributed by atoms with Crippen LogP contribution in [0.4, 0.5) is 11.4 Å². The second-order valence-electron chi connectivity index (χ2n) is 5.69. The maximum atomic E-state index is 4.95. The highest BCUT2D eigenvalue weighted by molar-refractivity contribution is 14.2. The lowest BCUT2D eigenvalue weighted by molar-refractivity contribution is 1.12. The first-order chi connectivity index (χ1) is 11.0. The summed E-state index contributed by atoms with van der Waals surface area (Å²) in [7, 11) is 2.86. The SMILES string of the molecule is C=Cc1ccc(N(C)C)cc1S1(I)C(CC)=Nc2ccccc21. The van der Waals surface area contributed by atoms with Crippen LogP contribution < -0.4 is 4.90 Å². The molecule has 2 aromatic rings. The van der Waals surface area contributed by atoms with Crippen LogP contribution in [0.25, 0.3) is 6.08 Å². The first-order valence-corrected chi connectivity index (χ1v) is 11.8. The van der Waals surface area contributed by atoms with Crippen LogP contribution in [-0.2, 0) is 0 Å². The largest absolute Gasteiger partial charge is 0.378 e. The average molecular weight is 436 g/mol. The van der Waals surface area contributed by atoms with Gasteiger partial charge >= 0.3 is 0 Å². The molecule has 1 atom stereocenters. The summed E-state index contributed by atoms with van der Waals surface area (Å²) in [5.74, 6) is 0. The molecular formula is C19H21IN2S. The molecule has 0 saturated heterocycles. The number of aliphatic imine (C=N–C) groups is 1. The molecule has 0 fully saturated rings.